The molecule has 0 bridgehead atoms. The lowest BCUT2D eigenvalue weighted by Gasteiger charge is -2.37. The number of rotatable bonds is 6. The van der Waals surface area contributed by atoms with Crippen LogP contribution in [0.1, 0.15) is 31.4 Å². The minimum Gasteiger partial charge on any atom is -0.324 e. The Labute approximate surface area is 129 Å². The van der Waals surface area contributed by atoms with Crippen LogP contribution >= 0.6 is 0 Å². The van der Waals surface area contributed by atoms with Gasteiger partial charge < -0.3 is 15.5 Å². The highest BCUT2D eigenvalue weighted by Crippen LogP contribution is 2.30. The summed E-state index contributed by atoms with van der Waals surface area (Å²) in [6.45, 7) is 9.64. The topological polar surface area (TPSA) is 32.5 Å². The first-order valence-corrected chi connectivity index (χ1v) is 8.47. The SMILES string of the molecule is CC(CN1CCN(CC2CC2)CC1)C(N)c1ccccc1. The van der Waals surface area contributed by atoms with Gasteiger partial charge in [-0.15, -0.1) is 0 Å². The average Bonchev–Trinajstić information content (AvgIpc) is 3.33. The van der Waals surface area contributed by atoms with E-state index in [0.29, 0.717) is 5.92 Å². The van der Waals surface area contributed by atoms with Gasteiger partial charge in [-0.1, -0.05) is 37.3 Å². The highest BCUT2D eigenvalue weighted by molar-refractivity contribution is 5.19. The molecule has 1 saturated carbocycles. The summed E-state index contributed by atoms with van der Waals surface area (Å²) in [5.74, 6) is 1.52. The maximum Gasteiger partial charge on any atom is 0.0333 e. The molecule has 1 aromatic rings. The third-order valence-electron chi connectivity index (χ3n) is 5.02. The molecule has 0 aromatic heterocycles. The van der Waals surface area contributed by atoms with E-state index < -0.39 is 0 Å². The zero-order valence-electron chi connectivity index (χ0n) is 13.2. The molecule has 116 valence electrons. The zero-order chi connectivity index (χ0) is 14.7. The first kappa shape index (κ1) is 15.0. The van der Waals surface area contributed by atoms with Gasteiger partial charge in [-0.2, -0.15) is 0 Å². The Hall–Kier alpha value is -0.900. The van der Waals surface area contributed by atoms with E-state index in [-0.39, 0.29) is 6.04 Å². The van der Waals surface area contributed by atoms with Gasteiger partial charge in [0.05, 0.1) is 0 Å². The number of nitrogens with two attached hydrogens (primary N) is 1. The van der Waals surface area contributed by atoms with Gasteiger partial charge in [-0.3, -0.25) is 0 Å². The quantitative estimate of drug-likeness (QED) is 0.872. The number of hydrogen-bond acceptors (Lipinski definition) is 3. The van der Waals surface area contributed by atoms with Crippen LogP contribution < -0.4 is 5.73 Å². The molecule has 21 heavy (non-hydrogen) atoms. The van der Waals surface area contributed by atoms with Crippen molar-refractivity contribution in [1.82, 2.24) is 9.80 Å². The summed E-state index contributed by atoms with van der Waals surface area (Å²) in [5.41, 5.74) is 7.68. The van der Waals surface area contributed by atoms with Crippen LogP contribution in [0.25, 0.3) is 0 Å². The van der Waals surface area contributed by atoms with Gasteiger partial charge in [0, 0.05) is 45.3 Å². The second kappa shape index (κ2) is 6.91. The molecule has 3 rings (SSSR count). The Bertz CT molecular complexity index is 421. The van der Waals surface area contributed by atoms with Gasteiger partial charge in [-0.25, -0.2) is 0 Å². The number of hydrogen-bond donors (Lipinski definition) is 1. The Morgan fingerprint density at radius 3 is 2.29 bits per heavy atom. The molecule has 1 saturated heterocycles. The molecule has 3 nitrogen and oxygen atoms in total. The van der Waals surface area contributed by atoms with Crippen molar-refractivity contribution in [3.63, 3.8) is 0 Å². The summed E-state index contributed by atoms with van der Waals surface area (Å²) in [6.07, 6.45) is 2.92. The molecule has 1 aromatic carbocycles. The van der Waals surface area contributed by atoms with Crippen molar-refractivity contribution < 1.29 is 0 Å². The third kappa shape index (κ3) is 4.29. The molecular weight excluding hydrogens is 258 g/mol. The van der Waals surface area contributed by atoms with Gasteiger partial charge in [-0.05, 0) is 30.2 Å². The number of benzene rings is 1. The van der Waals surface area contributed by atoms with Crippen molar-refractivity contribution in [2.75, 3.05) is 39.3 Å². The largest absolute Gasteiger partial charge is 0.324 e. The van der Waals surface area contributed by atoms with E-state index in [9.17, 15) is 0 Å². The zero-order valence-corrected chi connectivity index (χ0v) is 13.2. The summed E-state index contributed by atoms with van der Waals surface area (Å²) < 4.78 is 0. The van der Waals surface area contributed by atoms with Crippen molar-refractivity contribution in [3.8, 4) is 0 Å². The minimum absolute atomic E-state index is 0.149. The van der Waals surface area contributed by atoms with Crippen molar-refractivity contribution >= 4 is 0 Å². The van der Waals surface area contributed by atoms with E-state index in [4.69, 9.17) is 5.73 Å². The van der Waals surface area contributed by atoms with Gasteiger partial charge in [0.2, 0.25) is 0 Å². The normalized spacial score (nSPS) is 23.9. The van der Waals surface area contributed by atoms with Crippen LogP contribution in [0.4, 0.5) is 0 Å². The molecule has 2 N–H and O–H groups in total. The molecule has 2 aliphatic rings. The summed E-state index contributed by atoms with van der Waals surface area (Å²) in [6, 6.07) is 10.7. The van der Waals surface area contributed by atoms with Crippen LogP contribution in [0.3, 0.4) is 0 Å². The van der Waals surface area contributed by atoms with E-state index in [1.165, 1.54) is 51.1 Å². The molecule has 0 radical (unpaired) electrons. The summed E-state index contributed by atoms with van der Waals surface area (Å²) in [4.78, 5) is 5.24. The number of nitrogens with zero attached hydrogens (tertiary/aromatic N) is 2. The fourth-order valence-electron chi connectivity index (χ4n) is 3.34. The van der Waals surface area contributed by atoms with E-state index in [1.807, 2.05) is 0 Å². The highest BCUT2D eigenvalue weighted by Gasteiger charge is 2.27. The lowest BCUT2D eigenvalue weighted by atomic mass is 9.95. The summed E-state index contributed by atoms with van der Waals surface area (Å²) in [5, 5.41) is 0. The van der Waals surface area contributed by atoms with Crippen LogP contribution in [-0.4, -0.2) is 49.1 Å². The maximum atomic E-state index is 6.42. The summed E-state index contributed by atoms with van der Waals surface area (Å²) in [7, 11) is 0. The van der Waals surface area contributed by atoms with Crippen LogP contribution in [0, 0.1) is 11.8 Å². The molecular formula is C18H29N3. The van der Waals surface area contributed by atoms with E-state index in [0.717, 1.165) is 12.5 Å². The number of piperazine rings is 1. The van der Waals surface area contributed by atoms with Crippen molar-refractivity contribution in [2.24, 2.45) is 17.6 Å². The van der Waals surface area contributed by atoms with Crippen LogP contribution in [0.15, 0.2) is 30.3 Å². The molecule has 2 fully saturated rings. The third-order valence-corrected chi connectivity index (χ3v) is 5.02. The molecule has 2 unspecified atom stereocenters. The Morgan fingerprint density at radius 1 is 1.05 bits per heavy atom. The second-order valence-electron chi connectivity index (χ2n) is 6.96. The van der Waals surface area contributed by atoms with Gasteiger partial charge in [0.25, 0.3) is 0 Å². The van der Waals surface area contributed by atoms with Crippen molar-refractivity contribution in [3.05, 3.63) is 35.9 Å². The first-order chi connectivity index (χ1) is 10.2. The summed E-state index contributed by atoms with van der Waals surface area (Å²) >= 11 is 0. The van der Waals surface area contributed by atoms with E-state index in [2.05, 4.69) is 47.1 Å². The smallest absolute Gasteiger partial charge is 0.0333 e. The molecule has 1 aliphatic heterocycles. The maximum absolute atomic E-state index is 6.42. The standard InChI is InChI=1S/C18H29N3/c1-15(18(19)17-5-3-2-4-6-17)13-20-9-11-21(12-10-20)14-16-7-8-16/h2-6,15-16,18H,7-14,19H2,1H3. The Kier molecular flexibility index (Phi) is 4.94. The first-order valence-electron chi connectivity index (χ1n) is 8.47. The molecule has 0 spiro atoms. The van der Waals surface area contributed by atoms with Gasteiger partial charge >= 0.3 is 0 Å². The Morgan fingerprint density at radius 2 is 1.67 bits per heavy atom. The van der Waals surface area contributed by atoms with Crippen LogP contribution in [0.5, 0.6) is 0 Å². The van der Waals surface area contributed by atoms with Crippen molar-refractivity contribution in [1.29, 1.82) is 0 Å². The fraction of sp³-hybridized carbons (Fsp3) is 0.667. The predicted molar refractivity (Wildman–Crippen MR) is 88.1 cm³/mol. The second-order valence-corrected chi connectivity index (χ2v) is 6.96. The Balaban J connectivity index is 1.43. The lowest BCUT2D eigenvalue weighted by Crippen LogP contribution is -2.48. The monoisotopic (exact) mass is 287 g/mol. The van der Waals surface area contributed by atoms with E-state index >= 15 is 0 Å². The lowest BCUT2D eigenvalue weighted by molar-refractivity contribution is 0.112. The predicted octanol–water partition coefficient (Wildman–Crippen LogP) is 2.35. The highest BCUT2D eigenvalue weighted by atomic mass is 15.3. The fourth-order valence-corrected chi connectivity index (χ4v) is 3.34. The molecule has 0 amide bonds. The van der Waals surface area contributed by atoms with Gasteiger partial charge in [0.15, 0.2) is 0 Å². The minimum atomic E-state index is 0.149. The van der Waals surface area contributed by atoms with Gasteiger partial charge in [0.1, 0.15) is 0 Å². The molecule has 3 heteroatoms. The average molecular weight is 287 g/mol. The van der Waals surface area contributed by atoms with E-state index in [1.54, 1.807) is 0 Å². The molecule has 1 heterocycles. The molecule has 2 atom stereocenters. The molecule has 1 aliphatic carbocycles. The van der Waals surface area contributed by atoms with Crippen LogP contribution in [-0.2, 0) is 0 Å². The van der Waals surface area contributed by atoms with Crippen molar-refractivity contribution in [2.45, 2.75) is 25.8 Å². The van der Waals surface area contributed by atoms with Crippen LogP contribution in [0.2, 0.25) is 0 Å².